The van der Waals surface area contributed by atoms with Crippen LogP contribution in [-0.2, 0) is 0 Å². The molecule has 0 fully saturated rings. The van der Waals surface area contributed by atoms with E-state index in [4.69, 9.17) is 0 Å². The Kier molecular flexibility index (Phi) is 7.30. The summed E-state index contributed by atoms with van der Waals surface area (Å²) in [5, 5.41) is 0. The molecule has 2 aromatic rings. The van der Waals surface area contributed by atoms with E-state index >= 15 is 0 Å². The van der Waals surface area contributed by atoms with Crippen LogP contribution in [0.3, 0.4) is 0 Å². The fourth-order valence-corrected chi connectivity index (χ4v) is 3.96. The molecule has 10 heteroatoms. The maximum atomic E-state index is 14.4. The summed E-state index contributed by atoms with van der Waals surface area (Å²) in [6.45, 7) is 4.83. The van der Waals surface area contributed by atoms with Crippen molar-refractivity contribution in [2.75, 3.05) is 11.5 Å². The molecule has 154 valence electrons. The lowest BCUT2D eigenvalue weighted by Crippen LogP contribution is -2.09. The molecule has 0 radical (unpaired) electrons. The summed E-state index contributed by atoms with van der Waals surface area (Å²) in [5.74, 6) is -16.1. The highest BCUT2D eigenvalue weighted by molar-refractivity contribution is 7.99. The van der Waals surface area contributed by atoms with Gasteiger partial charge in [-0.05, 0) is 11.7 Å². The largest absolute Gasteiger partial charge is 0.203 e. The summed E-state index contributed by atoms with van der Waals surface area (Å²) in [4.78, 5) is -2.06. The molecule has 0 N–H and O–H groups in total. The number of hydrogen-bond donors (Lipinski definition) is 0. The van der Waals surface area contributed by atoms with Crippen LogP contribution in [0.2, 0.25) is 0 Å². The van der Waals surface area contributed by atoms with Crippen LogP contribution in [0.1, 0.15) is 20.8 Å². The Morgan fingerprint density at radius 2 is 0.893 bits per heavy atom. The smallest absolute Gasteiger partial charge is 0.176 e. The van der Waals surface area contributed by atoms with Gasteiger partial charge in [-0.2, -0.15) is 0 Å². The van der Waals surface area contributed by atoms with E-state index in [1.807, 2.05) is 0 Å². The van der Waals surface area contributed by atoms with Gasteiger partial charge in [-0.15, -0.1) is 23.5 Å². The predicted octanol–water partition coefficient (Wildman–Crippen LogP) is 7.33. The highest BCUT2D eigenvalue weighted by atomic mass is 32.2. The monoisotopic (exact) mass is 446 g/mol. The van der Waals surface area contributed by atoms with Gasteiger partial charge in [-0.3, -0.25) is 0 Å². The molecule has 0 aromatic heterocycles. The average Bonchev–Trinajstić information content (AvgIpc) is 2.64. The maximum absolute atomic E-state index is 14.4. The van der Waals surface area contributed by atoms with Crippen LogP contribution in [0, 0.1) is 52.5 Å². The lowest BCUT2D eigenvalue weighted by atomic mass is 10.0. The zero-order chi connectivity index (χ0) is 21.3. The minimum Gasteiger partial charge on any atom is -0.203 e. The van der Waals surface area contributed by atoms with Crippen LogP contribution in [0.15, 0.2) is 9.79 Å². The first-order valence-electron chi connectivity index (χ1n) is 8.02. The van der Waals surface area contributed by atoms with Crippen molar-refractivity contribution in [1.29, 1.82) is 0 Å². The second kappa shape index (κ2) is 8.94. The zero-order valence-corrected chi connectivity index (χ0v) is 16.5. The average molecular weight is 446 g/mol. The van der Waals surface area contributed by atoms with Crippen LogP contribution in [0.25, 0.3) is 11.1 Å². The molecule has 2 aromatic carbocycles. The molecule has 0 atom stereocenters. The van der Waals surface area contributed by atoms with Crippen LogP contribution < -0.4 is 0 Å². The third-order valence-corrected chi connectivity index (χ3v) is 5.96. The van der Waals surface area contributed by atoms with E-state index in [1.54, 1.807) is 13.8 Å². The quantitative estimate of drug-likeness (QED) is 0.259. The molecule has 0 saturated heterocycles. The third-order valence-electron chi connectivity index (χ3n) is 3.55. The van der Waals surface area contributed by atoms with Crippen molar-refractivity contribution in [3.63, 3.8) is 0 Å². The van der Waals surface area contributed by atoms with E-state index in [9.17, 15) is 35.1 Å². The summed E-state index contributed by atoms with van der Waals surface area (Å²) < 4.78 is 114. The third kappa shape index (κ3) is 3.98. The highest BCUT2D eigenvalue weighted by Crippen LogP contribution is 2.42. The molecule has 0 nitrogen and oxygen atoms in total. The molecule has 2 rings (SSSR count). The van der Waals surface area contributed by atoms with Crippen molar-refractivity contribution in [2.45, 2.75) is 30.6 Å². The Hall–Kier alpha value is -1.42. The van der Waals surface area contributed by atoms with Gasteiger partial charge in [0.2, 0.25) is 0 Å². The normalized spacial score (nSPS) is 11.6. The second-order valence-corrected chi connectivity index (χ2v) is 8.36. The first-order chi connectivity index (χ1) is 13.0. The summed E-state index contributed by atoms with van der Waals surface area (Å²) >= 11 is 0.887. The van der Waals surface area contributed by atoms with E-state index in [0.717, 1.165) is 0 Å². The molecule has 0 unspecified atom stereocenters. The Morgan fingerprint density at radius 3 is 1.18 bits per heavy atom. The number of hydrogen-bond acceptors (Lipinski definition) is 2. The lowest BCUT2D eigenvalue weighted by molar-refractivity contribution is 0.415. The van der Waals surface area contributed by atoms with Crippen LogP contribution in [0.4, 0.5) is 35.1 Å². The number of rotatable bonds is 6. The Labute approximate surface area is 164 Å². The minimum atomic E-state index is -2.14. The molecule has 0 amide bonds. The van der Waals surface area contributed by atoms with Gasteiger partial charge in [0.1, 0.15) is 0 Å². The van der Waals surface area contributed by atoms with Gasteiger partial charge in [0, 0.05) is 5.75 Å². The zero-order valence-electron chi connectivity index (χ0n) is 14.8. The van der Waals surface area contributed by atoms with E-state index in [1.165, 1.54) is 6.92 Å². The molecule has 28 heavy (non-hydrogen) atoms. The number of benzene rings is 2. The Balaban J connectivity index is 2.80. The highest BCUT2D eigenvalue weighted by Gasteiger charge is 2.34. The van der Waals surface area contributed by atoms with Crippen molar-refractivity contribution >= 4 is 23.5 Å². The van der Waals surface area contributed by atoms with Crippen molar-refractivity contribution in [2.24, 2.45) is 5.92 Å². The van der Waals surface area contributed by atoms with Crippen molar-refractivity contribution in [1.82, 2.24) is 0 Å². The minimum absolute atomic E-state index is 0.0415. The first-order valence-corrected chi connectivity index (χ1v) is 9.99. The Morgan fingerprint density at radius 1 is 0.571 bits per heavy atom. The van der Waals surface area contributed by atoms with Crippen molar-refractivity contribution < 1.29 is 35.1 Å². The van der Waals surface area contributed by atoms with Gasteiger partial charge in [-0.1, -0.05) is 20.8 Å². The van der Waals surface area contributed by atoms with E-state index in [0.29, 0.717) is 23.5 Å². The molecule has 0 spiro atoms. The topological polar surface area (TPSA) is 0 Å². The van der Waals surface area contributed by atoms with Gasteiger partial charge in [0.05, 0.1) is 20.9 Å². The molecule has 0 aliphatic heterocycles. The molecular weight excluding hydrogens is 432 g/mol. The van der Waals surface area contributed by atoms with Gasteiger partial charge >= 0.3 is 0 Å². The van der Waals surface area contributed by atoms with Gasteiger partial charge in [0.25, 0.3) is 0 Å². The SMILES string of the molecule is CCSc1c(F)c(F)c(-c2c(F)c(F)c(SCC(C)C)c(F)c2F)c(F)c1F. The predicted molar refractivity (Wildman–Crippen MR) is 93.5 cm³/mol. The molecule has 0 bridgehead atoms. The molecule has 0 aliphatic carbocycles. The molecule has 0 aliphatic rings. The summed E-state index contributed by atoms with van der Waals surface area (Å²) in [6.07, 6.45) is 0. The fraction of sp³-hybridized carbons (Fsp3) is 0.333. The van der Waals surface area contributed by atoms with Gasteiger partial charge in [-0.25, -0.2) is 35.1 Å². The second-order valence-electron chi connectivity index (χ2n) is 6.06. The van der Waals surface area contributed by atoms with E-state index in [-0.39, 0.29) is 17.4 Å². The van der Waals surface area contributed by atoms with Crippen molar-refractivity contribution in [3.8, 4) is 11.1 Å². The van der Waals surface area contributed by atoms with Gasteiger partial charge < -0.3 is 0 Å². The van der Waals surface area contributed by atoms with Crippen LogP contribution in [-0.4, -0.2) is 11.5 Å². The molecule has 0 heterocycles. The molecular formula is C18H14F8S2. The fourth-order valence-electron chi connectivity index (χ4n) is 2.31. The lowest BCUT2D eigenvalue weighted by Gasteiger charge is -2.15. The summed E-state index contributed by atoms with van der Waals surface area (Å²) in [7, 11) is 0. The summed E-state index contributed by atoms with van der Waals surface area (Å²) in [5.41, 5.74) is -3.69. The Bertz CT molecular complexity index is 853. The molecule has 0 saturated carbocycles. The van der Waals surface area contributed by atoms with Crippen molar-refractivity contribution in [3.05, 3.63) is 46.5 Å². The van der Waals surface area contributed by atoms with Crippen LogP contribution >= 0.6 is 23.5 Å². The maximum Gasteiger partial charge on any atom is 0.176 e. The van der Waals surface area contributed by atoms with Crippen LogP contribution in [0.5, 0.6) is 0 Å². The van der Waals surface area contributed by atoms with E-state index < -0.39 is 67.5 Å². The standard InChI is InChI=1S/C18H14F8S2/c1-4-27-17-13(23)9(19)7(10(20)14(17)24)8-11(21)15(25)18(16(26)12(8)22)28-5-6(2)3/h6H,4-5H2,1-3H3. The van der Waals surface area contributed by atoms with Gasteiger partial charge in [0.15, 0.2) is 46.5 Å². The first kappa shape index (κ1) is 22.9. The number of halogens is 8. The summed E-state index contributed by atoms with van der Waals surface area (Å²) in [6, 6.07) is 0. The number of thioether (sulfide) groups is 2. The van der Waals surface area contributed by atoms with E-state index in [2.05, 4.69) is 0 Å².